The minimum absolute atomic E-state index is 0.189. The maximum atomic E-state index is 5.56. The van der Waals surface area contributed by atoms with E-state index >= 15 is 0 Å². The van der Waals surface area contributed by atoms with E-state index in [0.29, 0.717) is 11.7 Å². The predicted octanol–water partition coefficient (Wildman–Crippen LogP) is 5.59. The van der Waals surface area contributed by atoms with E-state index < -0.39 is 0 Å². The summed E-state index contributed by atoms with van der Waals surface area (Å²) in [5.41, 5.74) is 5.89. The molecule has 0 amide bonds. The monoisotopic (exact) mass is 385 g/mol. The molecule has 0 unspecified atom stereocenters. The molecule has 0 fully saturated rings. The van der Waals surface area contributed by atoms with Crippen LogP contribution in [0.3, 0.4) is 0 Å². The van der Waals surface area contributed by atoms with E-state index in [-0.39, 0.29) is 5.92 Å². The summed E-state index contributed by atoms with van der Waals surface area (Å²) in [5.74, 6) is 0.189. The first-order valence-electron chi connectivity index (χ1n) is 9.44. The molecule has 0 aliphatic heterocycles. The van der Waals surface area contributed by atoms with Gasteiger partial charge >= 0.3 is 0 Å². The van der Waals surface area contributed by atoms with Gasteiger partial charge in [0.25, 0.3) is 0 Å². The van der Waals surface area contributed by atoms with Crippen molar-refractivity contribution in [2.24, 2.45) is 0 Å². The fourth-order valence-corrected chi connectivity index (χ4v) is 3.74. The molecule has 4 rings (SSSR count). The van der Waals surface area contributed by atoms with Crippen molar-refractivity contribution in [1.29, 1.82) is 0 Å². The van der Waals surface area contributed by atoms with Gasteiger partial charge < -0.3 is 15.6 Å². The van der Waals surface area contributed by atoms with Crippen LogP contribution in [0.25, 0.3) is 10.9 Å². The van der Waals surface area contributed by atoms with Crippen molar-refractivity contribution >= 4 is 33.9 Å². The average Bonchev–Trinajstić information content (AvgIpc) is 3.15. The highest BCUT2D eigenvalue weighted by Crippen LogP contribution is 2.30. The van der Waals surface area contributed by atoms with Gasteiger partial charge in [0, 0.05) is 35.2 Å². The molecule has 1 atom stereocenters. The number of aromatic nitrogens is 1. The number of H-pyrrole nitrogens is 1. The lowest BCUT2D eigenvalue weighted by molar-refractivity contribution is 0.766. The SMILES string of the molecule is Cc1ccccc1NC(=S)NC[C@@H](c1ccccc1)c1c[nH]c2ccccc12. The number of thiocarbonyl (C=S) groups is 1. The highest BCUT2D eigenvalue weighted by atomic mass is 32.1. The van der Waals surface area contributed by atoms with Crippen LogP contribution < -0.4 is 10.6 Å². The van der Waals surface area contributed by atoms with E-state index in [1.165, 1.54) is 22.1 Å². The first-order valence-corrected chi connectivity index (χ1v) is 9.84. The zero-order valence-electron chi connectivity index (χ0n) is 15.8. The number of nitrogens with one attached hydrogen (secondary N) is 3. The molecule has 0 saturated heterocycles. The van der Waals surface area contributed by atoms with Crippen LogP contribution in [-0.2, 0) is 0 Å². The third-order valence-corrected chi connectivity index (χ3v) is 5.31. The molecule has 3 aromatic carbocycles. The quantitative estimate of drug-likeness (QED) is 0.392. The normalized spacial score (nSPS) is 11.9. The maximum absolute atomic E-state index is 5.56. The van der Waals surface area contributed by atoms with Crippen LogP contribution in [0.15, 0.2) is 85.1 Å². The molecule has 0 aliphatic carbocycles. The zero-order valence-corrected chi connectivity index (χ0v) is 16.6. The van der Waals surface area contributed by atoms with Crippen molar-refractivity contribution in [1.82, 2.24) is 10.3 Å². The third-order valence-electron chi connectivity index (χ3n) is 5.06. The van der Waals surface area contributed by atoms with Crippen LogP contribution in [-0.4, -0.2) is 16.6 Å². The van der Waals surface area contributed by atoms with E-state index in [2.05, 4.69) is 83.3 Å². The van der Waals surface area contributed by atoms with Crippen molar-refractivity contribution < 1.29 is 0 Å². The Morgan fingerprint density at radius 3 is 2.46 bits per heavy atom. The van der Waals surface area contributed by atoms with Gasteiger partial charge in [0.1, 0.15) is 0 Å². The van der Waals surface area contributed by atoms with Gasteiger partial charge in [-0.05, 0) is 48.0 Å². The standard InChI is InChI=1S/C24H23N3S/c1-17-9-5-7-13-22(17)27-24(28)26-15-20(18-10-3-2-4-11-18)21-16-25-23-14-8-6-12-19(21)23/h2-14,16,20,25H,15H2,1H3,(H2,26,27,28)/t20-/m0/s1. The third kappa shape index (κ3) is 3.92. The van der Waals surface area contributed by atoms with Gasteiger partial charge in [0.15, 0.2) is 5.11 Å². The summed E-state index contributed by atoms with van der Waals surface area (Å²) >= 11 is 5.56. The molecule has 0 saturated carbocycles. The maximum Gasteiger partial charge on any atom is 0.170 e. The Morgan fingerprint density at radius 2 is 1.64 bits per heavy atom. The van der Waals surface area contributed by atoms with Crippen LogP contribution in [0.4, 0.5) is 5.69 Å². The molecule has 3 nitrogen and oxygen atoms in total. The molecule has 4 heteroatoms. The second kappa shape index (κ2) is 8.28. The lowest BCUT2D eigenvalue weighted by atomic mass is 9.91. The largest absolute Gasteiger partial charge is 0.361 e. The Hall–Kier alpha value is -3.11. The molecule has 140 valence electrons. The number of benzene rings is 3. The summed E-state index contributed by atoms with van der Waals surface area (Å²) in [6.45, 7) is 2.78. The van der Waals surface area contributed by atoms with Crippen LogP contribution >= 0.6 is 12.2 Å². The van der Waals surface area contributed by atoms with Gasteiger partial charge in [-0.3, -0.25) is 0 Å². The van der Waals surface area contributed by atoms with Crippen molar-refractivity contribution in [3.63, 3.8) is 0 Å². The topological polar surface area (TPSA) is 39.8 Å². The number of aryl methyl sites for hydroxylation is 1. The van der Waals surface area contributed by atoms with E-state index in [0.717, 1.165) is 11.2 Å². The number of para-hydroxylation sites is 2. The fourth-order valence-electron chi connectivity index (χ4n) is 3.55. The van der Waals surface area contributed by atoms with Crippen molar-refractivity contribution in [2.75, 3.05) is 11.9 Å². The van der Waals surface area contributed by atoms with E-state index in [1.807, 2.05) is 24.3 Å². The molecule has 3 N–H and O–H groups in total. The zero-order chi connectivity index (χ0) is 19.3. The van der Waals surface area contributed by atoms with Crippen molar-refractivity contribution in [3.8, 4) is 0 Å². The van der Waals surface area contributed by atoms with Crippen molar-refractivity contribution in [3.05, 3.63) is 102 Å². The Balaban J connectivity index is 1.57. The van der Waals surface area contributed by atoms with Gasteiger partial charge in [-0.1, -0.05) is 66.7 Å². The smallest absolute Gasteiger partial charge is 0.170 e. The van der Waals surface area contributed by atoms with E-state index in [1.54, 1.807) is 0 Å². The van der Waals surface area contributed by atoms with Gasteiger partial charge in [0.05, 0.1) is 0 Å². The summed E-state index contributed by atoms with van der Waals surface area (Å²) in [6.07, 6.45) is 2.11. The van der Waals surface area contributed by atoms with Gasteiger partial charge in [-0.15, -0.1) is 0 Å². The van der Waals surface area contributed by atoms with Gasteiger partial charge in [-0.2, -0.15) is 0 Å². The first-order chi connectivity index (χ1) is 13.7. The second-order valence-corrected chi connectivity index (χ2v) is 7.31. The van der Waals surface area contributed by atoms with Crippen LogP contribution in [0.5, 0.6) is 0 Å². The van der Waals surface area contributed by atoms with Crippen molar-refractivity contribution in [2.45, 2.75) is 12.8 Å². The van der Waals surface area contributed by atoms with Gasteiger partial charge in [0.2, 0.25) is 0 Å². The molecule has 1 heterocycles. The van der Waals surface area contributed by atoms with Gasteiger partial charge in [-0.25, -0.2) is 0 Å². The summed E-state index contributed by atoms with van der Waals surface area (Å²) in [7, 11) is 0. The van der Waals surface area contributed by atoms with E-state index in [9.17, 15) is 0 Å². The summed E-state index contributed by atoms with van der Waals surface area (Å²) in [5, 5.41) is 8.61. The molecular weight excluding hydrogens is 362 g/mol. The summed E-state index contributed by atoms with van der Waals surface area (Å²) in [6, 6.07) is 27.1. The molecule has 0 radical (unpaired) electrons. The minimum Gasteiger partial charge on any atom is -0.361 e. The summed E-state index contributed by atoms with van der Waals surface area (Å²) < 4.78 is 0. The lowest BCUT2D eigenvalue weighted by Gasteiger charge is -2.20. The fraction of sp³-hybridized carbons (Fsp3) is 0.125. The minimum atomic E-state index is 0.189. The predicted molar refractivity (Wildman–Crippen MR) is 122 cm³/mol. The molecule has 0 aliphatic rings. The second-order valence-electron chi connectivity index (χ2n) is 6.90. The summed E-state index contributed by atoms with van der Waals surface area (Å²) in [4.78, 5) is 3.40. The number of fused-ring (bicyclic) bond motifs is 1. The lowest BCUT2D eigenvalue weighted by Crippen LogP contribution is -2.32. The Bertz CT molecular complexity index is 1090. The Labute approximate surface area is 170 Å². The molecule has 28 heavy (non-hydrogen) atoms. The molecule has 0 bridgehead atoms. The number of anilines is 1. The highest BCUT2D eigenvalue weighted by molar-refractivity contribution is 7.80. The number of hydrogen-bond donors (Lipinski definition) is 3. The molecule has 0 spiro atoms. The Morgan fingerprint density at radius 1 is 0.929 bits per heavy atom. The van der Waals surface area contributed by atoms with Crippen LogP contribution in [0, 0.1) is 6.92 Å². The van der Waals surface area contributed by atoms with Crippen LogP contribution in [0.2, 0.25) is 0 Å². The van der Waals surface area contributed by atoms with E-state index in [4.69, 9.17) is 12.2 Å². The highest BCUT2D eigenvalue weighted by Gasteiger charge is 2.18. The number of hydrogen-bond acceptors (Lipinski definition) is 1. The molecule has 4 aromatic rings. The van der Waals surface area contributed by atoms with Crippen LogP contribution in [0.1, 0.15) is 22.6 Å². The number of rotatable bonds is 5. The molecular formula is C24H23N3S. The average molecular weight is 386 g/mol. The first kappa shape index (κ1) is 18.3. The number of aromatic amines is 1. The molecule has 1 aromatic heterocycles. The Kier molecular flexibility index (Phi) is 5.40.